The Balaban J connectivity index is 1.69. The van der Waals surface area contributed by atoms with E-state index in [9.17, 15) is 23.5 Å². The van der Waals surface area contributed by atoms with Crippen molar-refractivity contribution in [1.29, 1.82) is 0 Å². The minimum absolute atomic E-state index is 0.0107. The van der Waals surface area contributed by atoms with Crippen LogP contribution in [0.3, 0.4) is 0 Å². The molecule has 9 nitrogen and oxygen atoms in total. The summed E-state index contributed by atoms with van der Waals surface area (Å²) in [5.41, 5.74) is 1.33. The average Bonchev–Trinajstić information content (AvgIpc) is 2.97. The van der Waals surface area contributed by atoms with Gasteiger partial charge in [0, 0.05) is 49.0 Å². The van der Waals surface area contributed by atoms with Crippen molar-refractivity contribution in [2.75, 3.05) is 38.0 Å². The van der Waals surface area contributed by atoms with Crippen molar-refractivity contribution >= 4 is 40.0 Å². The molecule has 1 heterocycles. The Morgan fingerprint density at radius 1 is 1.05 bits per heavy atom. The van der Waals surface area contributed by atoms with Gasteiger partial charge in [-0.1, -0.05) is 12.1 Å². The van der Waals surface area contributed by atoms with Gasteiger partial charge in [-0.25, -0.2) is 19.2 Å². The predicted molar refractivity (Wildman–Crippen MR) is 162 cm³/mol. The lowest BCUT2D eigenvalue weighted by Gasteiger charge is -2.23. The van der Waals surface area contributed by atoms with Crippen LogP contribution in [0.15, 0.2) is 54.6 Å². The van der Waals surface area contributed by atoms with Crippen LogP contribution in [-0.4, -0.2) is 59.6 Å². The number of carbonyl (C=O) groups excluding carboxylic acids is 2. The molecule has 0 radical (unpaired) electrons. The highest BCUT2D eigenvalue weighted by Gasteiger charge is 2.45. The van der Waals surface area contributed by atoms with Crippen LogP contribution in [0.2, 0.25) is 0 Å². The van der Waals surface area contributed by atoms with Crippen molar-refractivity contribution in [3.8, 4) is 5.75 Å². The average molecular weight is 610 g/mol. The lowest BCUT2D eigenvalue weighted by atomic mass is 10.00. The first-order chi connectivity index (χ1) is 20.7. The van der Waals surface area contributed by atoms with E-state index in [4.69, 9.17) is 0 Å². The zero-order chi connectivity index (χ0) is 32.3. The highest BCUT2D eigenvalue weighted by atomic mass is 19.3. The van der Waals surface area contributed by atoms with Crippen molar-refractivity contribution in [3.05, 3.63) is 82.9 Å². The predicted octanol–water partition coefficient (Wildman–Crippen LogP) is 6.01. The summed E-state index contributed by atoms with van der Waals surface area (Å²) in [6, 6.07) is 13.1. The zero-order valence-corrected chi connectivity index (χ0v) is 25.3. The number of nitrogens with one attached hydrogen (secondary N) is 1. The van der Waals surface area contributed by atoms with Crippen LogP contribution < -0.4 is 10.2 Å². The second-order valence-electron chi connectivity index (χ2n) is 10.5. The van der Waals surface area contributed by atoms with E-state index in [0.29, 0.717) is 33.8 Å². The molecular formula is C32H34F3N5O4. The van der Waals surface area contributed by atoms with E-state index in [1.54, 1.807) is 46.1 Å². The number of esters is 1. The van der Waals surface area contributed by atoms with Gasteiger partial charge in [0.05, 0.1) is 30.1 Å². The largest absolute Gasteiger partial charge is 0.508 e. The summed E-state index contributed by atoms with van der Waals surface area (Å²) in [5.74, 6) is -6.58. The number of phenols is 1. The fourth-order valence-corrected chi connectivity index (χ4v) is 4.68. The maximum Gasteiger partial charge on any atom is 0.382 e. The van der Waals surface area contributed by atoms with E-state index in [2.05, 4.69) is 20.0 Å². The van der Waals surface area contributed by atoms with Crippen molar-refractivity contribution in [2.45, 2.75) is 39.2 Å². The standard InChI is InChI=1S/C32H34F3N5O4/c1-7-44-31(43)32(34,35)25-10-8-9-23(29(25)33)18(2)36-30-24-17-22(11-13-26(24)37-19(3)38-30)40(6)21-12-14-27(41)20(15-21)16-28(42)39(4)5/h8-15,17-18,41H,7,16H2,1-6H3,(H,36,37,38)/t18-/m1/s1. The SMILES string of the molecule is CCOC(=O)C(F)(F)c1cccc([C@@H](C)Nc2nc(C)nc3ccc(N(C)c4ccc(O)c(CC(=O)N(C)C)c4)cc23)c1F. The van der Waals surface area contributed by atoms with Crippen molar-refractivity contribution in [1.82, 2.24) is 14.9 Å². The topological polar surface area (TPSA) is 108 Å². The van der Waals surface area contributed by atoms with Gasteiger partial charge >= 0.3 is 11.9 Å². The Morgan fingerprint density at radius 3 is 2.41 bits per heavy atom. The summed E-state index contributed by atoms with van der Waals surface area (Å²) in [7, 11) is 5.11. The fraction of sp³-hybridized carbons (Fsp3) is 0.312. The number of ether oxygens (including phenoxy) is 1. The first-order valence-corrected chi connectivity index (χ1v) is 13.9. The quantitative estimate of drug-likeness (QED) is 0.211. The summed E-state index contributed by atoms with van der Waals surface area (Å²) < 4.78 is 49.4. The number of aromatic nitrogens is 2. The number of amides is 1. The van der Waals surface area contributed by atoms with Crippen LogP contribution in [-0.2, 0) is 26.7 Å². The molecule has 1 aromatic heterocycles. The summed E-state index contributed by atoms with van der Waals surface area (Å²) >= 11 is 0. The number of nitrogens with zero attached hydrogens (tertiary/aromatic N) is 4. The number of carbonyl (C=O) groups is 2. The Labute approximate surface area is 253 Å². The van der Waals surface area contributed by atoms with Gasteiger partial charge in [-0.15, -0.1) is 0 Å². The number of aryl methyl sites for hydroxylation is 1. The highest BCUT2D eigenvalue weighted by Crippen LogP contribution is 2.36. The van der Waals surface area contributed by atoms with E-state index >= 15 is 4.39 Å². The van der Waals surface area contributed by atoms with Gasteiger partial charge in [-0.2, -0.15) is 8.78 Å². The van der Waals surface area contributed by atoms with Crippen molar-refractivity contribution in [3.63, 3.8) is 0 Å². The number of benzene rings is 3. The molecule has 2 N–H and O–H groups in total. The van der Waals surface area contributed by atoms with Crippen LogP contribution >= 0.6 is 0 Å². The summed E-state index contributed by atoms with van der Waals surface area (Å²) in [6.45, 7) is 4.41. The number of phenolic OH excluding ortho intramolecular Hbond substituents is 1. The zero-order valence-electron chi connectivity index (χ0n) is 25.3. The Morgan fingerprint density at radius 2 is 1.73 bits per heavy atom. The van der Waals surface area contributed by atoms with Gasteiger partial charge in [-0.3, -0.25) is 4.79 Å². The van der Waals surface area contributed by atoms with Crippen LogP contribution in [0.1, 0.15) is 42.4 Å². The van der Waals surface area contributed by atoms with Crippen LogP contribution in [0.25, 0.3) is 10.9 Å². The number of likely N-dealkylation sites (N-methyl/N-ethyl adjacent to an activating group) is 1. The number of fused-ring (bicyclic) bond motifs is 1. The van der Waals surface area contributed by atoms with E-state index in [1.807, 2.05) is 24.1 Å². The second-order valence-corrected chi connectivity index (χ2v) is 10.5. The molecule has 3 aromatic carbocycles. The van der Waals surface area contributed by atoms with E-state index in [0.717, 1.165) is 11.8 Å². The molecule has 232 valence electrons. The lowest BCUT2D eigenvalue weighted by Crippen LogP contribution is -2.30. The molecule has 4 aromatic rings. The van der Waals surface area contributed by atoms with Gasteiger partial charge in [0.2, 0.25) is 5.91 Å². The van der Waals surface area contributed by atoms with Gasteiger partial charge < -0.3 is 25.0 Å². The smallest absolute Gasteiger partial charge is 0.382 e. The first-order valence-electron chi connectivity index (χ1n) is 13.9. The molecule has 0 bridgehead atoms. The third-order valence-corrected chi connectivity index (χ3v) is 7.19. The van der Waals surface area contributed by atoms with Gasteiger partial charge in [0.15, 0.2) is 0 Å². The summed E-state index contributed by atoms with van der Waals surface area (Å²) in [5, 5.41) is 14.0. The second kappa shape index (κ2) is 12.8. The van der Waals surface area contributed by atoms with Gasteiger partial charge in [0.1, 0.15) is 23.2 Å². The van der Waals surface area contributed by atoms with Gasteiger partial charge in [-0.05, 0) is 63.2 Å². The number of hydrogen-bond donors (Lipinski definition) is 2. The normalized spacial score (nSPS) is 12.1. The Kier molecular flexibility index (Phi) is 9.31. The van der Waals surface area contributed by atoms with Crippen LogP contribution in [0, 0.1) is 12.7 Å². The minimum atomic E-state index is -4.17. The van der Waals surface area contributed by atoms with Crippen LogP contribution in [0.5, 0.6) is 5.75 Å². The molecular weight excluding hydrogens is 575 g/mol. The molecule has 1 atom stereocenters. The molecule has 4 rings (SSSR count). The molecule has 0 saturated carbocycles. The molecule has 0 aliphatic carbocycles. The first kappa shape index (κ1) is 32.1. The fourth-order valence-electron chi connectivity index (χ4n) is 4.68. The van der Waals surface area contributed by atoms with Gasteiger partial charge in [0.25, 0.3) is 0 Å². The molecule has 1 amide bonds. The lowest BCUT2D eigenvalue weighted by molar-refractivity contribution is -0.173. The Hall–Kier alpha value is -4.87. The molecule has 0 unspecified atom stereocenters. The highest BCUT2D eigenvalue weighted by molar-refractivity contribution is 5.92. The number of hydrogen-bond acceptors (Lipinski definition) is 8. The molecule has 12 heteroatoms. The molecule has 0 aliphatic heterocycles. The summed E-state index contributed by atoms with van der Waals surface area (Å²) in [4.78, 5) is 36.4. The van der Waals surface area contributed by atoms with E-state index in [1.165, 1.54) is 30.0 Å². The monoisotopic (exact) mass is 609 g/mol. The number of halogens is 3. The van der Waals surface area contributed by atoms with Crippen LogP contribution in [0.4, 0.5) is 30.4 Å². The number of alkyl halides is 2. The minimum Gasteiger partial charge on any atom is -0.508 e. The van der Waals surface area contributed by atoms with Crippen molar-refractivity contribution in [2.24, 2.45) is 0 Å². The van der Waals surface area contributed by atoms with E-state index in [-0.39, 0.29) is 30.2 Å². The Bertz CT molecular complexity index is 1710. The number of aromatic hydroxyl groups is 1. The number of rotatable bonds is 10. The summed E-state index contributed by atoms with van der Waals surface area (Å²) in [6.07, 6.45) is 0.0286. The molecule has 0 aliphatic rings. The van der Waals surface area contributed by atoms with E-state index < -0.39 is 29.3 Å². The molecule has 0 fully saturated rings. The molecule has 44 heavy (non-hydrogen) atoms. The molecule has 0 spiro atoms. The number of anilines is 3. The third-order valence-electron chi connectivity index (χ3n) is 7.19. The molecule has 0 saturated heterocycles. The van der Waals surface area contributed by atoms with Crippen molar-refractivity contribution < 1.29 is 32.6 Å². The maximum atomic E-state index is 15.4. The maximum absolute atomic E-state index is 15.4. The third kappa shape index (κ3) is 6.53.